The minimum atomic E-state index is -0.447. The van der Waals surface area contributed by atoms with Gasteiger partial charge >= 0.3 is 0 Å². The average Bonchev–Trinajstić information content (AvgIpc) is 2.39. The molecular weight excluding hydrogens is 266 g/mol. The van der Waals surface area contributed by atoms with Crippen molar-refractivity contribution in [2.45, 2.75) is 46.0 Å². The molecule has 1 aliphatic rings. The van der Waals surface area contributed by atoms with E-state index < -0.39 is 6.10 Å². The lowest BCUT2D eigenvalue weighted by Crippen LogP contribution is -3.16. The maximum Gasteiger partial charge on any atom is 0.137 e. The number of quaternary nitrogens is 1. The van der Waals surface area contributed by atoms with Gasteiger partial charge in [-0.2, -0.15) is 0 Å². The molecule has 4 heteroatoms. The molecular formula is C17H28NO3+. The number of nitrogens with one attached hydrogen (secondary N) is 1. The van der Waals surface area contributed by atoms with E-state index in [0.29, 0.717) is 13.2 Å². The number of aliphatic hydroxyl groups is 1. The van der Waals surface area contributed by atoms with E-state index in [2.05, 4.69) is 26.8 Å². The van der Waals surface area contributed by atoms with E-state index in [0.717, 1.165) is 24.4 Å². The molecule has 0 bridgehead atoms. The zero-order chi connectivity index (χ0) is 15.4. The number of hydrogen-bond acceptors (Lipinski definition) is 3. The standard InChI is InChI=1S/C17H27NO3/c1-12-6-5-7-17(15(12)4)20-11-16(19)10-18-8-13(2)21-14(3)9-18/h5-7,13-14,16,19H,8-11H2,1-4H3/p+1/t13-,14-,16+/m1/s1. The topological polar surface area (TPSA) is 43.1 Å². The van der Waals surface area contributed by atoms with E-state index in [1.54, 1.807) is 0 Å². The lowest BCUT2D eigenvalue weighted by Gasteiger charge is -2.33. The fourth-order valence-corrected chi connectivity index (χ4v) is 3.01. The summed E-state index contributed by atoms with van der Waals surface area (Å²) in [5, 5.41) is 10.2. The van der Waals surface area contributed by atoms with E-state index in [1.165, 1.54) is 10.5 Å². The highest BCUT2D eigenvalue weighted by atomic mass is 16.5. The zero-order valence-electron chi connectivity index (χ0n) is 13.6. The number of hydrogen-bond donors (Lipinski definition) is 2. The van der Waals surface area contributed by atoms with Gasteiger partial charge in [-0.25, -0.2) is 0 Å². The quantitative estimate of drug-likeness (QED) is 0.842. The third-order valence-electron chi connectivity index (χ3n) is 4.13. The van der Waals surface area contributed by atoms with Crippen LogP contribution in [0, 0.1) is 13.8 Å². The number of rotatable bonds is 5. The second kappa shape index (κ2) is 7.25. The summed E-state index contributed by atoms with van der Waals surface area (Å²) in [5.74, 6) is 0.868. The molecule has 0 aromatic heterocycles. The molecule has 2 N–H and O–H groups in total. The van der Waals surface area contributed by atoms with E-state index >= 15 is 0 Å². The number of aryl methyl sites for hydroxylation is 1. The molecule has 1 fully saturated rings. The summed E-state index contributed by atoms with van der Waals surface area (Å²) in [7, 11) is 0. The van der Waals surface area contributed by atoms with Crippen molar-refractivity contribution in [3.8, 4) is 5.75 Å². The fourth-order valence-electron chi connectivity index (χ4n) is 3.01. The Morgan fingerprint density at radius 3 is 2.62 bits per heavy atom. The van der Waals surface area contributed by atoms with E-state index in [9.17, 15) is 5.11 Å². The molecule has 0 aliphatic carbocycles. The smallest absolute Gasteiger partial charge is 0.137 e. The summed E-state index contributed by atoms with van der Waals surface area (Å²) in [6.45, 7) is 11.3. The van der Waals surface area contributed by atoms with Crippen molar-refractivity contribution < 1.29 is 19.5 Å². The summed E-state index contributed by atoms with van der Waals surface area (Å²) >= 11 is 0. The summed E-state index contributed by atoms with van der Waals surface area (Å²) in [6, 6.07) is 6.01. The van der Waals surface area contributed by atoms with Crippen LogP contribution in [0.4, 0.5) is 0 Å². The van der Waals surface area contributed by atoms with E-state index in [4.69, 9.17) is 9.47 Å². The van der Waals surface area contributed by atoms with Crippen LogP contribution in [0.3, 0.4) is 0 Å². The number of benzene rings is 1. The Kier molecular flexibility index (Phi) is 5.62. The Bertz CT molecular complexity index is 453. The average molecular weight is 294 g/mol. The van der Waals surface area contributed by atoms with Crippen LogP contribution in [0.25, 0.3) is 0 Å². The predicted octanol–water partition coefficient (Wildman–Crippen LogP) is 0.735. The van der Waals surface area contributed by atoms with E-state index in [1.807, 2.05) is 19.1 Å². The van der Waals surface area contributed by atoms with Gasteiger partial charge in [0.05, 0.1) is 0 Å². The van der Waals surface area contributed by atoms with Crippen molar-refractivity contribution in [2.24, 2.45) is 0 Å². The summed E-state index contributed by atoms with van der Waals surface area (Å²) in [5.41, 5.74) is 2.36. The van der Waals surface area contributed by atoms with Gasteiger partial charge in [0.2, 0.25) is 0 Å². The van der Waals surface area contributed by atoms with Crippen LogP contribution < -0.4 is 9.64 Å². The largest absolute Gasteiger partial charge is 0.490 e. The first-order valence-electron chi connectivity index (χ1n) is 7.81. The molecule has 1 aliphatic heterocycles. The Morgan fingerprint density at radius 1 is 1.29 bits per heavy atom. The van der Waals surface area contributed by atoms with Crippen molar-refractivity contribution in [3.63, 3.8) is 0 Å². The van der Waals surface area contributed by atoms with Crippen LogP contribution in [-0.2, 0) is 4.74 Å². The van der Waals surface area contributed by atoms with E-state index in [-0.39, 0.29) is 12.2 Å². The first-order valence-corrected chi connectivity index (χ1v) is 7.81. The normalized spacial score (nSPS) is 27.4. The van der Waals surface area contributed by atoms with Crippen molar-refractivity contribution in [1.29, 1.82) is 0 Å². The van der Waals surface area contributed by atoms with Gasteiger partial charge in [0.15, 0.2) is 0 Å². The second-order valence-corrected chi connectivity index (χ2v) is 6.28. The van der Waals surface area contributed by atoms with Crippen LogP contribution in [0.5, 0.6) is 5.75 Å². The third-order valence-corrected chi connectivity index (χ3v) is 4.13. The SMILES string of the molecule is Cc1cccc(OC[C@@H](O)C[NH+]2C[C@@H](C)O[C@H](C)C2)c1C. The van der Waals surface area contributed by atoms with Gasteiger partial charge in [-0.3, -0.25) is 0 Å². The van der Waals surface area contributed by atoms with Crippen LogP contribution in [0.1, 0.15) is 25.0 Å². The molecule has 3 atom stereocenters. The van der Waals surface area contributed by atoms with Crippen LogP contribution in [0.15, 0.2) is 18.2 Å². The highest BCUT2D eigenvalue weighted by Gasteiger charge is 2.27. The van der Waals surface area contributed by atoms with Crippen LogP contribution >= 0.6 is 0 Å². The molecule has 1 saturated heterocycles. The summed E-state index contributed by atoms with van der Waals surface area (Å²) < 4.78 is 11.5. The molecule has 1 aromatic rings. The monoisotopic (exact) mass is 294 g/mol. The lowest BCUT2D eigenvalue weighted by atomic mass is 10.1. The summed E-state index contributed by atoms with van der Waals surface area (Å²) in [6.07, 6.45) is 0.0733. The van der Waals surface area contributed by atoms with Crippen molar-refractivity contribution in [3.05, 3.63) is 29.3 Å². The minimum Gasteiger partial charge on any atom is -0.490 e. The first kappa shape index (κ1) is 16.3. The molecule has 0 spiro atoms. The van der Waals surface area contributed by atoms with Crippen LogP contribution in [0.2, 0.25) is 0 Å². The molecule has 118 valence electrons. The highest BCUT2D eigenvalue weighted by molar-refractivity contribution is 5.38. The van der Waals surface area contributed by atoms with Gasteiger partial charge in [-0.15, -0.1) is 0 Å². The molecule has 0 radical (unpaired) electrons. The van der Waals surface area contributed by atoms with Gasteiger partial charge < -0.3 is 19.5 Å². The van der Waals surface area contributed by atoms with Gasteiger partial charge in [0.1, 0.15) is 50.3 Å². The third kappa shape index (κ3) is 4.70. The van der Waals surface area contributed by atoms with Crippen molar-refractivity contribution in [1.82, 2.24) is 0 Å². The maximum atomic E-state index is 10.2. The highest BCUT2D eigenvalue weighted by Crippen LogP contribution is 2.20. The molecule has 0 unspecified atom stereocenters. The molecule has 4 nitrogen and oxygen atoms in total. The molecule has 2 rings (SSSR count). The number of morpholine rings is 1. The lowest BCUT2D eigenvalue weighted by molar-refractivity contribution is -0.918. The molecule has 1 heterocycles. The van der Waals surface area contributed by atoms with Gasteiger partial charge in [-0.1, -0.05) is 12.1 Å². The maximum absolute atomic E-state index is 10.2. The second-order valence-electron chi connectivity index (χ2n) is 6.28. The first-order chi connectivity index (χ1) is 9.95. The van der Waals surface area contributed by atoms with Crippen molar-refractivity contribution in [2.75, 3.05) is 26.2 Å². The molecule has 1 aromatic carbocycles. The Labute approximate surface area is 127 Å². The van der Waals surface area contributed by atoms with Gasteiger partial charge in [0, 0.05) is 0 Å². The minimum absolute atomic E-state index is 0.260. The van der Waals surface area contributed by atoms with Gasteiger partial charge in [-0.05, 0) is 44.9 Å². The Balaban J connectivity index is 1.82. The Hall–Kier alpha value is -1.10. The number of aliphatic hydroxyl groups excluding tert-OH is 1. The zero-order valence-corrected chi connectivity index (χ0v) is 13.6. The summed E-state index contributed by atoms with van der Waals surface area (Å²) in [4.78, 5) is 1.39. The fraction of sp³-hybridized carbons (Fsp3) is 0.647. The van der Waals surface area contributed by atoms with Crippen LogP contribution in [-0.4, -0.2) is 49.7 Å². The molecule has 0 amide bonds. The predicted molar refractivity (Wildman–Crippen MR) is 83.0 cm³/mol. The van der Waals surface area contributed by atoms with Crippen molar-refractivity contribution >= 4 is 0 Å². The Morgan fingerprint density at radius 2 is 1.95 bits per heavy atom. The molecule has 21 heavy (non-hydrogen) atoms. The molecule has 0 saturated carbocycles. The number of ether oxygens (including phenoxy) is 2. The van der Waals surface area contributed by atoms with Gasteiger partial charge in [0.25, 0.3) is 0 Å².